The van der Waals surface area contributed by atoms with Gasteiger partial charge in [-0.25, -0.2) is 4.79 Å². The average molecular weight is 389 g/mol. The van der Waals surface area contributed by atoms with E-state index in [0.717, 1.165) is 12.8 Å². The molecular formula is C21H44N2O4. The molecule has 27 heavy (non-hydrogen) atoms. The van der Waals surface area contributed by atoms with Crippen molar-refractivity contribution >= 4 is 12.0 Å². The first-order chi connectivity index (χ1) is 12.9. The lowest BCUT2D eigenvalue weighted by Gasteiger charge is -2.24. The molecule has 1 aliphatic rings. The first-order valence-electron chi connectivity index (χ1n) is 10.7. The lowest BCUT2D eigenvalue weighted by Crippen LogP contribution is -2.46. The fourth-order valence-electron chi connectivity index (χ4n) is 2.45. The molecule has 0 unspecified atom stereocenters. The maximum atomic E-state index is 12.0. The minimum atomic E-state index is -0.416. The Bertz CT molecular complexity index is 360. The molecule has 0 aromatic heterocycles. The average Bonchev–Trinajstić information content (AvgIpc) is 3.10. The highest BCUT2D eigenvalue weighted by Crippen LogP contribution is 2.19. The molecule has 0 aliphatic carbocycles. The van der Waals surface area contributed by atoms with Gasteiger partial charge in [-0.3, -0.25) is 9.69 Å². The van der Waals surface area contributed by atoms with Crippen molar-refractivity contribution in [3.05, 3.63) is 0 Å². The van der Waals surface area contributed by atoms with Crippen molar-refractivity contribution in [2.75, 3.05) is 19.7 Å². The first-order valence-corrected chi connectivity index (χ1v) is 10.7. The summed E-state index contributed by atoms with van der Waals surface area (Å²) in [6.45, 7) is 13.5. The molecule has 1 fully saturated rings. The van der Waals surface area contributed by atoms with Crippen LogP contribution < -0.4 is 5.32 Å². The van der Waals surface area contributed by atoms with Crippen LogP contribution in [0.15, 0.2) is 0 Å². The van der Waals surface area contributed by atoms with Crippen molar-refractivity contribution < 1.29 is 19.4 Å². The number of nitrogens with zero attached hydrogens (tertiary/aromatic N) is 1. The summed E-state index contributed by atoms with van der Waals surface area (Å²) in [6, 6.07) is -0.416. The van der Waals surface area contributed by atoms with Crippen LogP contribution in [0.1, 0.15) is 92.9 Å². The second kappa shape index (κ2) is 19.5. The van der Waals surface area contributed by atoms with Gasteiger partial charge in [0, 0.05) is 19.7 Å². The standard InChI is InChI=1S/C13H24N2O4.C5H12.C3H8/c1-10(2)19-13(18)15-8-5-6-11(15)12(17)14-7-3-4-9-16;1-3-5-4-2;1-3-2/h10-11,16H,3-9H2,1-2H3,(H,14,17);3-5H2,1-2H3;3H2,1-2H3/t11-;;/m0../s1. The summed E-state index contributed by atoms with van der Waals surface area (Å²) in [5.74, 6) is -0.129. The smallest absolute Gasteiger partial charge is 0.410 e. The summed E-state index contributed by atoms with van der Waals surface area (Å²) in [5, 5.41) is 11.5. The highest BCUT2D eigenvalue weighted by atomic mass is 16.6. The van der Waals surface area contributed by atoms with E-state index in [0.29, 0.717) is 25.9 Å². The van der Waals surface area contributed by atoms with Crippen molar-refractivity contribution in [3.63, 3.8) is 0 Å². The van der Waals surface area contributed by atoms with E-state index in [1.54, 1.807) is 13.8 Å². The van der Waals surface area contributed by atoms with Gasteiger partial charge >= 0.3 is 6.09 Å². The Hall–Kier alpha value is -1.30. The van der Waals surface area contributed by atoms with Gasteiger partial charge in [0.1, 0.15) is 6.04 Å². The van der Waals surface area contributed by atoms with Crippen molar-refractivity contribution in [2.45, 2.75) is 105 Å². The van der Waals surface area contributed by atoms with Crippen molar-refractivity contribution in [2.24, 2.45) is 0 Å². The number of hydrogen-bond acceptors (Lipinski definition) is 4. The van der Waals surface area contributed by atoms with E-state index in [1.807, 2.05) is 0 Å². The minimum absolute atomic E-state index is 0.129. The summed E-state index contributed by atoms with van der Waals surface area (Å²) in [6.07, 6.45) is 7.65. The number of nitrogens with one attached hydrogen (secondary N) is 1. The molecule has 6 nitrogen and oxygen atoms in total. The number of unbranched alkanes of at least 4 members (excludes halogenated alkanes) is 3. The molecule has 0 radical (unpaired) electrons. The summed E-state index contributed by atoms with van der Waals surface area (Å²) >= 11 is 0. The summed E-state index contributed by atoms with van der Waals surface area (Å²) in [5.41, 5.74) is 0. The molecule has 2 N–H and O–H groups in total. The third kappa shape index (κ3) is 15.5. The van der Waals surface area contributed by atoms with Crippen molar-refractivity contribution in [3.8, 4) is 0 Å². The van der Waals surface area contributed by atoms with Crippen LogP contribution in [-0.4, -0.2) is 53.8 Å². The van der Waals surface area contributed by atoms with Crippen LogP contribution in [0.25, 0.3) is 0 Å². The second-order valence-electron chi connectivity index (χ2n) is 7.07. The van der Waals surface area contributed by atoms with Gasteiger partial charge in [-0.2, -0.15) is 0 Å². The Morgan fingerprint density at radius 3 is 2.15 bits per heavy atom. The minimum Gasteiger partial charge on any atom is -0.447 e. The van der Waals surface area contributed by atoms with Crippen LogP contribution in [0.4, 0.5) is 4.79 Å². The van der Waals surface area contributed by atoms with E-state index >= 15 is 0 Å². The topological polar surface area (TPSA) is 78.9 Å². The van der Waals surface area contributed by atoms with Crippen LogP contribution >= 0.6 is 0 Å². The second-order valence-corrected chi connectivity index (χ2v) is 7.07. The van der Waals surface area contributed by atoms with Crippen molar-refractivity contribution in [1.29, 1.82) is 0 Å². The summed E-state index contributed by atoms with van der Waals surface area (Å²) in [7, 11) is 0. The molecule has 0 spiro atoms. The molecule has 1 aliphatic heterocycles. The number of carbonyl (C=O) groups is 2. The van der Waals surface area contributed by atoms with Crippen molar-refractivity contribution in [1.82, 2.24) is 10.2 Å². The van der Waals surface area contributed by atoms with Gasteiger partial charge in [-0.05, 0) is 39.5 Å². The number of aliphatic hydroxyl groups is 1. The predicted molar refractivity (Wildman–Crippen MR) is 112 cm³/mol. The first kappa shape index (κ1) is 27.9. The SMILES string of the molecule is CC(C)OC(=O)N1CCC[C@H]1C(=O)NCCCCO.CCC.CCCCC. The fraction of sp³-hybridized carbons (Fsp3) is 0.905. The molecule has 0 bridgehead atoms. The lowest BCUT2D eigenvalue weighted by atomic mass is 10.2. The Morgan fingerprint density at radius 2 is 1.70 bits per heavy atom. The monoisotopic (exact) mass is 388 g/mol. The van der Waals surface area contributed by atoms with Crippen LogP contribution in [0.3, 0.4) is 0 Å². The third-order valence-corrected chi connectivity index (χ3v) is 3.72. The Balaban J connectivity index is 0. The number of likely N-dealkylation sites (tertiary alicyclic amines) is 1. The maximum absolute atomic E-state index is 12.0. The molecular weight excluding hydrogens is 344 g/mol. The number of aliphatic hydroxyl groups excluding tert-OH is 1. The number of amides is 2. The van der Waals surface area contributed by atoms with E-state index in [4.69, 9.17) is 9.84 Å². The van der Waals surface area contributed by atoms with E-state index in [1.165, 1.54) is 30.6 Å². The highest BCUT2D eigenvalue weighted by molar-refractivity contribution is 5.86. The van der Waals surface area contributed by atoms with E-state index < -0.39 is 12.1 Å². The van der Waals surface area contributed by atoms with Crippen LogP contribution in [0.2, 0.25) is 0 Å². The number of carbonyl (C=O) groups excluding carboxylic acids is 2. The zero-order valence-corrected chi connectivity index (χ0v) is 18.6. The van der Waals surface area contributed by atoms with Gasteiger partial charge in [0.15, 0.2) is 0 Å². The fourth-order valence-corrected chi connectivity index (χ4v) is 2.45. The summed E-state index contributed by atoms with van der Waals surface area (Å²) < 4.78 is 5.13. The molecule has 1 rings (SSSR count). The largest absolute Gasteiger partial charge is 0.447 e. The van der Waals surface area contributed by atoms with Gasteiger partial charge in [0.2, 0.25) is 5.91 Å². The van der Waals surface area contributed by atoms with E-state index in [-0.39, 0.29) is 18.6 Å². The zero-order valence-electron chi connectivity index (χ0n) is 18.6. The van der Waals surface area contributed by atoms with E-state index in [2.05, 4.69) is 33.0 Å². The van der Waals surface area contributed by atoms with Gasteiger partial charge in [0.05, 0.1) is 6.10 Å². The third-order valence-electron chi connectivity index (χ3n) is 3.72. The highest BCUT2D eigenvalue weighted by Gasteiger charge is 2.35. The van der Waals surface area contributed by atoms with E-state index in [9.17, 15) is 9.59 Å². The number of ether oxygens (including phenoxy) is 1. The molecule has 0 saturated carbocycles. The maximum Gasteiger partial charge on any atom is 0.410 e. The van der Waals surface area contributed by atoms with Gasteiger partial charge < -0.3 is 15.2 Å². The summed E-state index contributed by atoms with van der Waals surface area (Å²) in [4.78, 5) is 25.3. The Labute approximate surface area is 167 Å². The van der Waals surface area contributed by atoms with Gasteiger partial charge in [0.25, 0.3) is 0 Å². The molecule has 0 aromatic carbocycles. The Kier molecular flexibility index (Phi) is 20.1. The molecule has 1 atom stereocenters. The molecule has 0 aromatic rings. The van der Waals surface area contributed by atoms with Crippen LogP contribution in [-0.2, 0) is 9.53 Å². The molecule has 162 valence electrons. The van der Waals surface area contributed by atoms with Crippen LogP contribution in [0, 0.1) is 0 Å². The number of rotatable bonds is 8. The number of hydrogen-bond donors (Lipinski definition) is 2. The quantitative estimate of drug-likeness (QED) is 0.600. The Morgan fingerprint density at radius 1 is 1.11 bits per heavy atom. The lowest BCUT2D eigenvalue weighted by molar-refractivity contribution is -0.125. The molecule has 6 heteroatoms. The molecule has 1 heterocycles. The van der Waals surface area contributed by atoms with Gasteiger partial charge in [-0.1, -0.05) is 53.4 Å². The van der Waals surface area contributed by atoms with Crippen LogP contribution in [0.5, 0.6) is 0 Å². The molecule has 1 saturated heterocycles. The normalized spacial score (nSPS) is 15.4. The molecule has 2 amide bonds. The zero-order chi connectivity index (χ0) is 21.1. The van der Waals surface area contributed by atoms with Gasteiger partial charge in [-0.15, -0.1) is 0 Å². The predicted octanol–water partition coefficient (Wildman–Crippen LogP) is 4.50.